The molecule has 0 aliphatic carbocycles. The van der Waals surface area contributed by atoms with Gasteiger partial charge in [0, 0.05) is 18.5 Å². The molecule has 1 amide bonds. The number of rotatable bonds is 6. The predicted octanol–water partition coefficient (Wildman–Crippen LogP) is 3.24. The van der Waals surface area contributed by atoms with Gasteiger partial charge in [-0.1, -0.05) is 32.0 Å². The van der Waals surface area contributed by atoms with Gasteiger partial charge in [-0.05, 0) is 32.8 Å². The Morgan fingerprint density at radius 3 is 2.22 bits per heavy atom. The summed E-state index contributed by atoms with van der Waals surface area (Å²) in [6.07, 6.45) is 1.79. The van der Waals surface area contributed by atoms with Crippen LogP contribution in [0.2, 0.25) is 0 Å². The van der Waals surface area contributed by atoms with E-state index in [4.69, 9.17) is 0 Å². The molecule has 1 aromatic carbocycles. The van der Waals surface area contributed by atoms with Crippen LogP contribution in [0.5, 0.6) is 0 Å². The molecule has 1 aromatic heterocycles. The van der Waals surface area contributed by atoms with E-state index in [1.54, 1.807) is 12.1 Å². The zero-order valence-electron chi connectivity index (χ0n) is 14.4. The first-order chi connectivity index (χ1) is 11.0. The zero-order chi connectivity index (χ0) is 17.0. The fourth-order valence-corrected chi connectivity index (χ4v) is 2.72. The number of hydrogen-bond donors (Lipinski definition) is 0. The van der Waals surface area contributed by atoms with Crippen molar-refractivity contribution in [1.29, 1.82) is 0 Å². The summed E-state index contributed by atoms with van der Waals surface area (Å²) in [6.45, 7) is 9.29. The highest BCUT2D eigenvalue weighted by Crippen LogP contribution is 2.17. The highest BCUT2D eigenvalue weighted by atomic mass is 16.2. The second-order valence-corrected chi connectivity index (χ2v) is 6.03. The standard InChI is InChI=1S/C18H25N3O2/c1-5-11-20(12-6-2)18(23)16-14-9-7-8-10-15(14)17(22)21(19-16)13(3)4/h7-10,13H,5-6,11-12H2,1-4H3. The highest BCUT2D eigenvalue weighted by Gasteiger charge is 2.21. The molecule has 0 bridgehead atoms. The van der Waals surface area contributed by atoms with Gasteiger partial charge in [0.2, 0.25) is 0 Å². The Hall–Kier alpha value is -2.17. The van der Waals surface area contributed by atoms with E-state index in [-0.39, 0.29) is 17.5 Å². The van der Waals surface area contributed by atoms with E-state index >= 15 is 0 Å². The Balaban J connectivity index is 2.65. The van der Waals surface area contributed by atoms with Crippen molar-refractivity contribution in [3.05, 3.63) is 40.3 Å². The third-order valence-electron chi connectivity index (χ3n) is 3.79. The molecule has 1 heterocycles. The fourth-order valence-electron chi connectivity index (χ4n) is 2.72. The average molecular weight is 315 g/mol. The summed E-state index contributed by atoms with van der Waals surface area (Å²) in [7, 11) is 0. The van der Waals surface area contributed by atoms with Crippen molar-refractivity contribution in [3.8, 4) is 0 Å². The lowest BCUT2D eigenvalue weighted by atomic mass is 10.1. The van der Waals surface area contributed by atoms with Crippen LogP contribution in [0.15, 0.2) is 29.1 Å². The third-order valence-corrected chi connectivity index (χ3v) is 3.79. The molecular formula is C18H25N3O2. The van der Waals surface area contributed by atoms with Crippen LogP contribution >= 0.6 is 0 Å². The van der Waals surface area contributed by atoms with Crippen molar-refractivity contribution < 1.29 is 4.79 Å². The lowest BCUT2D eigenvalue weighted by molar-refractivity contribution is 0.0749. The molecule has 0 aliphatic heterocycles. The zero-order valence-corrected chi connectivity index (χ0v) is 14.4. The van der Waals surface area contributed by atoms with Crippen LogP contribution in [-0.4, -0.2) is 33.7 Å². The number of benzene rings is 1. The molecule has 23 heavy (non-hydrogen) atoms. The quantitative estimate of drug-likeness (QED) is 0.822. The van der Waals surface area contributed by atoms with Crippen LogP contribution in [0.4, 0.5) is 0 Å². The number of carbonyl (C=O) groups is 1. The second-order valence-electron chi connectivity index (χ2n) is 6.03. The molecule has 0 aliphatic rings. The largest absolute Gasteiger partial charge is 0.337 e. The van der Waals surface area contributed by atoms with Gasteiger partial charge in [0.05, 0.1) is 11.4 Å². The van der Waals surface area contributed by atoms with Crippen molar-refractivity contribution in [3.63, 3.8) is 0 Å². The Bertz CT molecular complexity index is 744. The Kier molecular flexibility index (Phi) is 5.53. The highest BCUT2D eigenvalue weighted by molar-refractivity contribution is 6.04. The third kappa shape index (κ3) is 3.44. The molecule has 0 spiro atoms. The van der Waals surface area contributed by atoms with Crippen molar-refractivity contribution >= 4 is 16.7 Å². The number of amides is 1. The molecule has 0 saturated carbocycles. The summed E-state index contributed by atoms with van der Waals surface area (Å²) in [4.78, 5) is 27.3. The topological polar surface area (TPSA) is 55.2 Å². The predicted molar refractivity (Wildman–Crippen MR) is 92.9 cm³/mol. The smallest absolute Gasteiger partial charge is 0.274 e. The van der Waals surface area contributed by atoms with Gasteiger partial charge in [-0.15, -0.1) is 0 Å². The van der Waals surface area contributed by atoms with E-state index in [1.165, 1.54) is 4.68 Å². The van der Waals surface area contributed by atoms with Crippen molar-refractivity contribution in [2.45, 2.75) is 46.6 Å². The normalized spacial score (nSPS) is 11.2. The minimum absolute atomic E-state index is 0.0931. The summed E-state index contributed by atoms with van der Waals surface area (Å²) in [5.41, 5.74) is 0.223. The van der Waals surface area contributed by atoms with Crippen molar-refractivity contribution in [2.24, 2.45) is 0 Å². The van der Waals surface area contributed by atoms with Gasteiger partial charge in [-0.2, -0.15) is 5.10 Å². The first kappa shape index (κ1) is 17.2. The maximum Gasteiger partial charge on any atom is 0.274 e. The van der Waals surface area contributed by atoms with E-state index in [0.717, 1.165) is 12.8 Å². The number of aromatic nitrogens is 2. The molecule has 2 aromatic rings. The molecule has 124 valence electrons. The molecule has 0 radical (unpaired) electrons. The maximum absolute atomic E-state index is 13.0. The van der Waals surface area contributed by atoms with Gasteiger partial charge in [-0.3, -0.25) is 9.59 Å². The minimum Gasteiger partial charge on any atom is -0.337 e. The Morgan fingerprint density at radius 1 is 1.13 bits per heavy atom. The number of nitrogens with zero attached hydrogens (tertiary/aromatic N) is 3. The first-order valence-corrected chi connectivity index (χ1v) is 8.32. The van der Waals surface area contributed by atoms with Crippen LogP contribution in [0, 0.1) is 0 Å². The molecule has 0 unspecified atom stereocenters. The SMILES string of the molecule is CCCN(CCC)C(=O)c1nn(C(C)C)c(=O)c2ccccc12. The summed E-state index contributed by atoms with van der Waals surface area (Å²) in [5.74, 6) is -0.0979. The number of fused-ring (bicyclic) bond motifs is 1. The minimum atomic E-state index is -0.148. The summed E-state index contributed by atoms with van der Waals surface area (Å²) in [6, 6.07) is 7.13. The van der Waals surface area contributed by atoms with Gasteiger partial charge in [0.25, 0.3) is 11.5 Å². The molecular weight excluding hydrogens is 290 g/mol. The molecule has 5 nitrogen and oxygen atoms in total. The van der Waals surface area contributed by atoms with Crippen LogP contribution in [-0.2, 0) is 0 Å². The molecule has 0 fully saturated rings. The molecule has 0 N–H and O–H groups in total. The van der Waals surface area contributed by atoms with E-state index in [9.17, 15) is 9.59 Å². The first-order valence-electron chi connectivity index (χ1n) is 8.32. The van der Waals surface area contributed by atoms with E-state index < -0.39 is 0 Å². The maximum atomic E-state index is 13.0. The number of carbonyl (C=O) groups excluding carboxylic acids is 1. The average Bonchev–Trinajstić information content (AvgIpc) is 2.54. The number of hydrogen-bond acceptors (Lipinski definition) is 3. The van der Waals surface area contributed by atoms with E-state index in [0.29, 0.717) is 29.6 Å². The van der Waals surface area contributed by atoms with Crippen LogP contribution in [0.1, 0.15) is 57.1 Å². The lowest BCUT2D eigenvalue weighted by Gasteiger charge is -2.22. The van der Waals surface area contributed by atoms with Gasteiger partial charge < -0.3 is 4.90 Å². The van der Waals surface area contributed by atoms with Crippen molar-refractivity contribution in [1.82, 2.24) is 14.7 Å². The van der Waals surface area contributed by atoms with Crippen molar-refractivity contribution in [2.75, 3.05) is 13.1 Å². The summed E-state index contributed by atoms with van der Waals surface area (Å²) >= 11 is 0. The van der Waals surface area contributed by atoms with Crippen LogP contribution < -0.4 is 5.56 Å². The van der Waals surface area contributed by atoms with E-state index in [2.05, 4.69) is 18.9 Å². The van der Waals surface area contributed by atoms with Crippen LogP contribution in [0.25, 0.3) is 10.8 Å². The van der Waals surface area contributed by atoms with E-state index in [1.807, 2.05) is 30.9 Å². The summed E-state index contributed by atoms with van der Waals surface area (Å²) in [5, 5.41) is 5.58. The Labute approximate surface area is 136 Å². The summed E-state index contributed by atoms with van der Waals surface area (Å²) < 4.78 is 1.41. The molecule has 2 rings (SSSR count). The second kappa shape index (κ2) is 7.40. The molecule has 0 atom stereocenters. The lowest BCUT2D eigenvalue weighted by Crippen LogP contribution is -2.36. The van der Waals surface area contributed by atoms with Gasteiger partial charge in [0.15, 0.2) is 5.69 Å². The molecule has 5 heteroatoms. The monoisotopic (exact) mass is 315 g/mol. The van der Waals surface area contributed by atoms with Gasteiger partial charge >= 0.3 is 0 Å². The van der Waals surface area contributed by atoms with Crippen LogP contribution in [0.3, 0.4) is 0 Å². The Morgan fingerprint density at radius 2 is 1.70 bits per heavy atom. The fraction of sp³-hybridized carbons (Fsp3) is 0.500. The van der Waals surface area contributed by atoms with Gasteiger partial charge in [-0.25, -0.2) is 4.68 Å². The molecule has 0 saturated heterocycles. The van der Waals surface area contributed by atoms with Gasteiger partial charge in [0.1, 0.15) is 0 Å².